The van der Waals surface area contributed by atoms with Gasteiger partial charge in [-0.05, 0) is 48.1 Å². The Bertz CT molecular complexity index is 1080. The van der Waals surface area contributed by atoms with E-state index >= 15 is 0 Å². The van der Waals surface area contributed by atoms with E-state index in [1.54, 1.807) is 6.07 Å². The zero-order chi connectivity index (χ0) is 21.1. The van der Waals surface area contributed by atoms with Crippen molar-refractivity contribution >= 4 is 17.8 Å². The average Bonchev–Trinajstić information content (AvgIpc) is 3.18. The number of hydrogen-bond donors (Lipinski definition) is 1. The highest BCUT2D eigenvalue weighted by molar-refractivity contribution is 5.92. The number of hydrogen-bond acceptors (Lipinski definition) is 4. The number of nitrogens with zero attached hydrogens (tertiary/aromatic N) is 3. The number of aromatic nitrogens is 2. The summed E-state index contributed by atoms with van der Waals surface area (Å²) in [6.07, 6.45) is 7.55. The topological polar surface area (TPSA) is 58.1 Å². The molecule has 1 aliphatic carbocycles. The molecule has 3 aromatic rings. The number of anilines is 1. The number of nitrogens with one attached hydrogen (secondary N) is 1. The van der Waals surface area contributed by atoms with Crippen molar-refractivity contribution in [2.75, 3.05) is 24.5 Å². The highest BCUT2D eigenvalue weighted by atomic mass is 16.1. The second kappa shape index (κ2) is 8.34. The lowest BCUT2D eigenvalue weighted by Crippen LogP contribution is -2.41. The van der Waals surface area contributed by atoms with Crippen LogP contribution in [0.25, 0.3) is 6.08 Å². The first kappa shape index (κ1) is 19.5. The zero-order valence-electron chi connectivity index (χ0n) is 17.5. The van der Waals surface area contributed by atoms with E-state index in [1.807, 2.05) is 24.3 Å². The zero-order valence-corrected chi connectivity index (χ0v) is 17.5. The van der Waals surface area contributed by atoms with Crippen LogP contribution in [0.15, 0.2) is 72.8 Å². The van der Waals surface area contributed by atoms with Crippen LogP contribution >= 0.6 is 0 Å². The van der Waals surface area contributed by atoms with Crippen LogP contribution in [0.5, 0.6) is 0 Å². The third-order valence-corrected chi connectivity index (χ3v) is 6.48. The number of amides is 1. The van der Waals surface area contributed by atoms with E-state index in [1.165, 1.54) is 16.7 Å². The second-order valence-electron chi connectivity index (χ2n) is 8.33. The Morgan fingerprint density at radius 2 is 1.71 bits per heavy atom. The molecule has 1 fully saturated rings. The summed E-state index contributed by atoms with van der Waals surface area (Å²) < 4.78 is 0. The van der Waals surface area contributed by atoms with Crippen molar-refractivity contribution in [3.8, 4) is 0 Å². The van der Waals surface area contributed by atoms with E-state index in [9.17, 15) is 4.79 Å². The van der Waals surface area contributed by atoms with E-state index < -0.39 is 0 Å². The molecule has 2 aromatic carbocycles. The Labute approximate surface area is 182 Å². The van der Waals surface area contributed by atoms with Crippen molar-refractivity contribution in [1.82, 2.24) is 15.5 Å². The van der Waals surface area contributed by atoms with Crippen LogP contribution in [-0.2, 0) is 11.8 Å². The molecule has 31 heavy (non-hydrogen) atoms. The van der Waals surface area contributed by atoms with Gasteiger partial charge in [0.2, 0.25) is 0 Å². The van der Waals surface area contributed by atoms with Gasteiger partial charge in [0.15, 0.2) is 11.5 Å². The van der Waals surface area contributed by atoms with Gasteiger partial charge in [-0.2, -0.15) is 0 Å². The minimum absolute atomic E-state index is 0.152. The molecule has 1 aliphatic heterocycles. The molecule has 2 aliphatic rings. The molecule has 1 saturated heterocycles. The normalized spacial score (nSPS) is 16.3. The van der Waals surface area contributed by atoms with E-state index in [0.29, 0.717) is 12.2 Å². The van der Waals surface area contributed by atoms with Crippen LogP contribution in [-0.4, -0.2) is 35.7 Å². The third kappa shape index (κ3) is 3.96. The fraction of sp³-hybridized carbons (Fsp3) is 0.269. The fourth-order valence-corrected chi connectivity index (χ4v) is 4.68. The van der Waals surface area contributed by atoms with Gasteiger partial charge < -0.3 is 10.2 Å². The molecule has 5 rings (SSSR count). The lowest BCUT2D eigenvalue weighted by molar-refractivity contribution is 0.0948. The molecule has 0 unspecified atom stereocenters. The summed E-state index contributed by atoms with van der Waals surface area (Å²) in [7, 11) is 0. The first-order chi connectivity index (χ1) is 15.2. The summed E-state index contributed by atoms with van der Waals surface area (Å²) >= 11 is 0. The Balaban J connectivity index is 1.17. The minimum atomic E-state index is -0.180. The van der Waals surface area contributed by atoms with Crippen molar-refractivity contribution in [2.24, 2.45) is 0 Å². The van der Waals surface area contributed by atoms with Gasteiger partial charge >= 0.3 is 0 Å². The van der Waals surface area contributed by atoms with Crippen LogP contribution in [0.2, 0.25) is 0 Å². The molecule has 1 spiro atoms. The summed E-state index contributed by atoms with van der Waals surface area (Å²) in [5.41, 5.74) is 4.51. The number of piperidine rings is 1. The number of benzene rings is 2. The van der Waals surface area contributed by atoms with Crippen molar-refractivity contribution in [1.29, 1.82) is 0 Å². The molecular formula is C26H26N4O. The van der Waals surface area contributed by atoms with Crippen molar-refractivity contribution < 1.29 is 4.79 Å². The summed E-state index contributed by atoms with van der Waals surface area (Å²) in [5, 5.41) is 11.5. The van der Waals surface area contributed by atoms with Gasteiger partial charge in [0.25, 0.3) is 5.91 Å². The quantitative estimate of drug-likeness (QED) is 0.690. The standard InChI is InChI=1S/C26H26N4O/c31-25(27-17-13-20-6-2-1-3-7-20)23-10-11-24(29-28-23)30-18-15-26(16-19-30)14-12-21-8-4-5-9-22(21)26/h1-12,14H,13,15-19H2,(H,27,31). The lowest BCUT2D eigenvalue weighted by atomic mass is 9.74. The SMILES string of the molecule is O=C(NCCc1ccccc1)c1ccc(N2CCC3(C=Cc4ccccc43)CC2)nn1. The number of carbonyl (C=O) groups is 1. The van der Waals surface area contributed by atoms with Crippen LogP contribution in [0.3, 0.4) is 0 Å². The predicted molar refractivity (Wildman–Crippen MR) is 123 cm³/mol. The minimum Gasteiger partial charge on any atom is -0.355 e. The molecule has 2 heterocycles. The highest BCUT2D eigenvalue weighted by Crippen LogP contribution is 2.43. The van der Waals surface area contributed by atoms with Crippen molar-refractivity contribution in [3.05, 3.63) is 95.2 Å². The molecule has 0 radical (unpaired) electrons. The van der Waals surface area contributed by atoms with E-state index in [2.05, 4.69) is 69.0 Å². The van der Waals surface area contributed by atoms with Gasteiger partial charge in [-0.25, -0.2) is 0 Å². The van der Waals surface area contributed by atoms with Crippen molar-refractivity contribution in [2.45, 2.75) is 24.7 Å². The smallest absolute Gasteiger partial charge is 0.271 e. The molecule has 0 atom stereocenters. The maximum Gasteiger partial charge on any atom is 0.271 e. The monoisotopic (exact) mass is 410 g/mol. The van der Waals surface area contributed by atoms with Crippen LogP contribution in [0, 0.1) is 0 Å². The lowest BCUT2D eigenvalue weighted by Gasteiger charge is -2.39. The van der Waals surface area contributed by atoms with Gasteiger partial charge in [0.1, 0.15) is 0 Å². The summed E-state index contributed by atoms with van der Waals surface area (Å²) in [5.74, 6) is 0.659. The Hall–Kier alpha value is -3.47. The van der Waals surface area contributed by atoms with Crippen molar-refractivity contribution in [3.63, 3.8) is 0 Å². The van der Waals surface area contributed by atoms with Crippen LogP contribution in [0.1, 0.15) is 40.0 Å². The third-order valence-electron chi connectivity index (χ3n) is 6.48. The van der Waals surface area contributed by atoms with Gasteiger partial charge in [0.05, 0.1) is 0 Å². The van der Waals surface area contributed by atoms with Crippen LogP contribution < -0.4 is 10.2 Å². The summed E-state index contributed by atoms with van der Waals surface area (Å²) in [6.45, 7) is 2.43. The maximum atomic E-state index is 12.4. The molecule has 1 amide bonds. The molecule has 1 N–H and O–H groups in total. The Morgan fingerprint density at radius 1 is 0.935 bits per heavy atom. The maximum absolute atomic E-state index is 12.4. The Kier molecular flexibility index (Phi) is 5.24. The average molecular weight is 411 g/mol. The molecule has 1 aromatic heterocycles. The highest BCUT2D eigenvalue weighted by Gasteiger charge is 2.38. The number of rotatable bonds is 5. The number of fused-ring (bicyclic) bond motifs is 2. The largest absolute Gasteiger partial charge is 0.355 e. The van der Waals surface area contributed by atoms with Gasteiger partial charge in [0, 0.05) is 25.0 Å². The number of carbonyl (C=O) groups excluding carboxylic acids is 1. The second-order valence-corrected chi connectivity index (χ2v) is 8.33. The van der Waals surface area contributed by atoms with E-state index in [0.717, 1.165) is 38.2 Å². The Morgan fingerprint density at radius 3 is 2.48 bits per heavy atom. The molecule has 156 valence electrons. The van der Waals surface area contributed by atoms with Gasteiger partial charge in [-0.1, -0.05) is 66.7 Å². The van der Waals surface area contributed by atoms with Gasteiger partial charge in [-0.3, -0.25) is 4.79 Å². The summed E-state index contributed by atoms with van der Waals surface area (Å²) in [6, 6.07) is 22.5. The first-order valence-electron chi connectivity index (χ1n) is 10.9. The van der Waals surface area contributed by atoms with Crippen LogP contribution in [0.4, 0.5) is 5.82 Å². The molecular weight excluding hydrogens is 384 g/mol. The summed E-state index contributed by atoms with van der Waals surface area (Å²) in [4.78, 5) is 14.6. The fourth-order valence-electron chi connectivity index (χ4n) is 4.68. The molecule has 5 nitrogen and oxygen atoms in total. The number of allylic oxidation sites excluding steroid dienone is 1. The van der Waals surface area contributed by atoms with E-state index in [-0.39, 0.29) is 11.3 Å². The first-order valence-corrected chi connectivity index (χ1v) is 10.9. The molecule has 5 heteroatoms. The molecule has 0 saturated carbocycles. The predicted octanol–water partition coefficient (Wildman–Crippen LogP) is 4.01. The van der Waals surface area contributed by atoms with E-state index in [4.69, 9.17) is 0 Å². The van der Waals surface area contributed by atoms with Gasteiger partial charge in [-0.15, -0.1) is 10.2 Å². The molecule has 0 bridgehead atoms.